The minimum absolute atomic E-state index is 0.0105. The van der Waals surface area contributed by atoms with E-state index in [2.05, 4.69) is 32.9 Å². The number of rotatable bonds is 7. The van der Waals surface area contributed by atoms with Crippen molar-refractivity contribution in [3.63, 3.8) is 0 Å². The van der Waals surface area contributed by atoms with Crippen molar-refractivity contribution in [1.82, 2.24) is 4.90 Å². The third-order valence-electron chi connectivity index (χ3n) is 5.38. The molecule has 2 amide bonds. The van der Waals surface area contributed by atoms with Crippen LogP contribution in [-0.2, 0) is 16.1 Å². The second-order valence-corrected chi connectivity index (χ2v) is 10.3. The Hall–Kier alpha value is -3.12. The van der Waals surface area contributed by atoms with Gasteiger partial charge in [-0.15, -0.1) is 0 Å². The summed E-state index contributed by atoms with van der Waals surface area (Å²) in [5.74, 6) is 0.203. The van der Waals surface area contributed by atoms with Crippen molar-refractivity contribution in [2.45, 2.75) is 18.2 Å². The van der Waals surface area contributed by atoms with Crippen LogP contribution in [0.5, 0.6) is 11.5 Å². The first kappa shape index (κ1) is 26.0. The summed E-state index contributed by atoms with van der Waals surface area (Å²) in [5.41, 5.74) is 1.93. The van der Waals surface area contributed by atoms with Crippen LogP contribution in [0.3, 0.4) is 0 Å². The van der Waals surface area contributed by atoms with Crippen molar-refractivity contribution < 1.29 is 23.5 Å². The first-order valence-electron chi connectivity index (χ1n) is 10.9. The largest absolute Gasteiger partial charge is 0.493 e. The van der Waals surface area contributed by atoms with Gasteiger partial charge in [-0.05, 0) is 88.8 Å². The molecule has 4 rings (SSSR count). The number of ether oxygens (including phenoxy) is 2. The van der Waals surface area contributed by atoms with E-state index in [1.807, 2.05) is 30.3 Å². The molecule has 1 aliphatic rings. The molecule has 1 aliphatic heterocycles. The fourth-order valence-electron chi connectivity index (χ4n) is 3.54. The van der Waals surface area contributed by atoms with Crippen molar-refractivity contribution in [1.29, 1.82) is 0 Å². The van der Waals surface area contributed by atoms with Gasteiger partial charge in [0.15, 0.2) is 16.7 Å². The first-order chi connectivity index (χ1) is 17.4. The van der Waals surface area contributed by atoms with Crippen LogP contribution in [0.2, 0.25) is 0 Å². The van der Waals surface area contributed by atoms with E-state index in [-0.39, 0.29) is 30.6 Å². The number of nitrogens with zero attached hydrogens (tertiary/aromatic N) is 2. The molecule has 1 saturated heterocycles. The molecule has 1 heterocycles. The van der Waals surface area contributed by atoms with Crippen LogP contribution < -0.4 is 14.8 Å². The maximum Gasteiger partial charge on any atom is 0.238 e. The zero-order chi connectivity index (χ0) is 25.7. The summed E-state index contributed by atoms with van der Waals surface area (Å²) in [6.45, 7) is 0.220. The smallest absolute Gasteiger partial charge is 0.238 e. The van der Waals surface area contributed by atoms with E-state index in [0.29, 0.717) is 28.0 Å². The van der Waals surface area contributed by atoms with Gasteiger partial charge in [0.25, 0.3) is 0 Å². The summed E-state index contributed by atoms with van der Waals surface area (Å²) in [4.78, 5) is 32.4. The minimum atomic E-state index is -0.669. The fourth-order valence-corrected chi connectivity index (χ4v) is 5.00. The topological polar surface area (TPSA) is 80.2 Å². The first-order valence-corrected chi connectivity index (χ1v) is 12.9. The fraction of sp³-hybridized carbons (Fsp3) is 0.192. The summed E-state index contributed by atoms with van der Waals surface area (Å²) in [6.07, 6.45) is 0.0105. The summed E-state index contributed by atoms with van der Waals surface area (Å²) in [7, 11) is 3.10. The van der Waals surface area contributed by atoms with Gasteiger partial charge in [0.05, 0.1) is 26.5 Å². The van der Waals surface area contributed by atoms with E-state index in [1.54, 1.807) is 26.4 Å². The highest BCUT2D eigenvalue weighted by atomic mass is 127. The molecule has 1 atom stereocenters. The van der Waals surface area contributed by atoms with Crippen LogP contribution in [0.15, 0.2) is 71.7 Å². The molecule has 0 aliphatic carbocycles. The molecule has 7 nitrogen and oxygen atoms in total. The molecule has 1 N–H and O–H groups in total. The lowest BCUT2D eigenvalue weighted by atomic mass is 10.1. The second-order valence-electron chi connectivity index (χ2n) is 7.85. The number of hydrogen-bond acceptors (Lipinski definition) is 6. The third-order valence-corrected chi connectivity index (χ3v) is 7.29. The lowest BCUT2D eigenvalue weighted by Gasteiger charge is -2.32. The van der Waals surface area contributed by atoms with E-state index in [0.717, 1.165) is 9.13 Å². The molecule has 1 fully saturated rings. The molecule has 1 unspecified atom stereocenters. The minimum Gasteiger partial charge on any atom is -0.493 e. The molecule has 3 aromatic rings. The highest BCUT2D eigenvalue weighted by Gasteiger charge is 2.36. The lowest BCUT2D eigenvalue weighted by Crippen LogP contribution is -2.44. The quantitative estimate of drug-likeness (QED) is 0.348. The Bertz CT molecular complexity index is 1290. The molecular formula is C26H23FIN3O4S. The van der Waals surface area contributed by atoms with Crippen LogP contribution in [0.4, 0.5) is 15.8 Å². The van der Waals surface area contributed by atoms with Gasteiger partial charge in [0.1, 0.15) is 11.1 Å². The number of carbonyl (C=O) groups is 2. The summed E-state index contributed by atoms with van der Waals surface area (Å²) in [6, 6.07) is 18.5. The zero-order valence-corrected chi connectivity index (χ0v) is 22.5. The molecule has 10 heteroatoms. The Morgan fingerprint density at radius 1 is 1.08 bits per heavy atom. The average Bonchev–Trinajstić information content (AvgIpc) is 2.88. The Kier molecular flexibility index (Phi) is 8.47. The molecule has 0 bridgehead atoms. The van der Waals surface area contributed by atoms with Crippen LogP contribution in [-0.4, -0.2) is 41.4 Å². The van der Waals surface area contributed by atoms with E-state index in [4.69, 9.17) is 9.47 Å². The second kappa shape index (κ2) is 11.7. The number of nitrogens with one attached hydrogen (secondary N) is 1. The highest BCUT2D eigenvalue weighted by Crippen LogP contribution is 2.33. The normalized spacial score (nSPS) is 16.7. The van der Waals surface area contributed by atoms with Gasteiger partial charge in [-0.2, -0.15) is 0 Å². The number of benzene rings is 3. The summed E-state index contributed by atoms with van der Waals surface area (Å²) in [5, 5.41) is 2.56. The standard InChI is InChI=1S/C26H23FIN3O4S/c1-34-21-12-3-16(13-22(21)35-2)15-31-24(32)14-23(25(33)29-19-10-6-18(28)7-11-19)36-26(31)30-20-8-4-17(27)5-9-20/h3-13,23H,14-15H2,1-2H3,(H,29,33). The van der Waals surface area contributed by atoms with Crippen molar-refractivity contribution in [2.75, 3.05) is 19.5 Å². The van der Waals surface area contributed by atoms with Gasteiger partial charge in [-0.3, -0.25) is 14.5 Å². The zero-order valence-electron chi connectivity index (χ0n) is 19.5. The third kappa shape index (κ3) is 6.35. The van der Waals surface area contributed by atoms with E-state index >= 15 is 0 Å². The van der Waals surface area contributed by atoms with E-state index in [1.165, 1.54) is 40.9 Å². The Morgan fingerprint density at radius 2 is 1.78 bits per heavy atom. The van der Waals surface area contributed by atoms with Crippen molar-refractivity contribution in [3.8, 4) is 11.5 Å². The number of amidine groups is 1. The molecule has 0 spiro atoms. The number of halogens is 2. The summed E-state index contributed by atoms with van der Waals surface area (Å²) < 4.78 is 25.2. The van der Waals surface area contributed by atoms with Gasteiger partial charge in [-0.25, -0.2) is 9.38 Å². The number of thioether (sulfide) groups is 1. The van der Waals surface area contributed by atoms with Crippen LogP contribution in [0, 0.1) is 9.39 Å². The SMILES string of the molecule is COc1ccc(CN2C(=O)CC(C(=O)Nc3ccc(I)cc3)SC2=Nc2ccc(F)cc2)cc1OC. The van der Waals surface area contributed by atoms with Crippen LogP contribution in [0.1, 0.15) is 12.0 Å². The maximum atomic E-state index is 13.4. The molecule has 36 heavy (non-hydrogen) atoms. The number of hydrogen-bond donors (Lipinski definition) is 1. The summed E-state index contributed by atoms with van der Waals surface area (Å²) >= 11 is 3.39. The Labute approximate surface area is 226 Å². The van der Waals surface area contributed by atoms with Crippen molar-refractivity contribution in [2.24, 2.45) is 4.99 Å². The Morgan fingerprint density at radius 3 is 2.44 bits per heavy atom. The predicted molar refractivity (Wildman–Crippen MR) is 147 cm³/mol. The van der Waals surface area contributed by atoms with Crippen molar-refractivity contribution >= 4 is 62.7 Å². The Balaban J connectivity index is 1.61. The number of aliphatic imine (C=N–C) groups is 1. The molecule has 0 saturated carbocycles. The van der Waals surface area contributed by atoms with Crippen molar-refractivity contribution in [3.05, 3.63) is 81.7 Å². The van der Waals surface area contributed by atoms with Gasteiger partial charge >= 0.3 is 0 Å². The van der Waals surface area contributed by atoms with Gasteiger partial charge in [0.2, 0.25) is 11.8 Å². The predicted octanol–water partition coefficient (Wildman–Crippen LogP) is 5.61. The number of carbonyl (C=O) groups excluding carboxylic acids is 2. The highest BCUT2D eigenvalue weighted by molar-refractivity contribution is 14.1. The van der Waals surface area contributed by atoms with Gasteiger partial charge in [0, 0.05) is 15.7 Å². The van der Waals surface area contributed by atoms with E-state index in [9.17, 15) is 14.0 Å². The van der Waals surface area contributed by atoms with Gasteiger partial charge < -0.3 is 14.8 Å². The average molecular weight is 619 g/mol. The number of amides is 2. The number of anilines is 1. The number of methoxy groups -OCH3 is 2. The monoisotopic (exact) mass is 619 g/mol. The maximum absolute atomic E-state index is 13.4. The van der Waals surface area contributed by atoms with Crippen LogP contribution in [0.25, 0.3) is 0 Å². The molecule has 0 radical (unpaired) electrons. The lowest BCUT2D eigenvalue weighted by molar-refractivity contribution is -0.129. The molecule has 0 aromatic heterocycles. The molecule has 3 aromatic carbocycles. The molecular weight excluding hydrogens is 596 g/mol. The van der Waals surface area contributed by atoms with E-state index < -0.39 is 5.25 Å². The van der Waals surface area contributed by atoms with Crippen LogP contribution >= 0.6 is 34.4 Å². The molecule has 186 valence electrons. The van der Waals surface area contributed by atoms with Gasteiger partial charge in [-0.1, -0.05) is 17.8 Å².